The molecule has 1 aromatic heterocycles. The number of H-pyrrole nitrogens is 1. The number of aromatic hydroxyl groups is 2. The number of Topliss-reactive ketones (excluding diaryl/α,β-unsaturated/α-hetero) is 1. The number of ketones is 1. The Hall–Kier alpha value is -4.92. The molecule has 3 aromatic carbocycles. The van der Waals surface area contributed by atoms with E-state index in [1.165, 1.54) is 31.9 Å². The van der Waals surface area contributed by atoms with E-state index in [1.807, 2.05) is 83.1 Å². The SMILES string of the molecule is CC.CC.CC(C)=O.CCC(C)C.CCCc1cc2c(O)c(O)ccc2[nH]1.COc1ccc2c(c1)C(c1ccc(C)cc1)=NCC(=N)N2C(C)=N. The van der Waals surface area contributed by atoms with E-state index in [1.54, 1.807) is 25.0 Å². The Balaban J connectivity index is 0.000000780. The number of carbonyl (C=O) groups excluding carboxylic acids is 1. The van der Waals surface area contributed by atoms with Gasteiger partial charge in [-0.2, -0.15) is 0 Å². The van der Waals surface area contributed by atoms with Gasteiger partial charge >= 0.3 is 0 Å². The zero-order chi connectivity index (χ0) is 39.3. The van der Waals surface area contributed by atoms with Crippen molar-refractivity contribution in [2.45, 2.75) is 102 Å². The molecule has 0 spiro atoms. The molecule has 0 amide bonds. The molecule has 51 heavy (non-hydrogen) atoms. The number of amidine groups is 2. The average Bonchev–Trinajstić information content (AvgIpc) is 3.46. The van der Waals surface area contributed by atoms with Crippen LogP contribution in [0.15, 0.2) is 65.7 Å². The number of nitrogens with one attached hydrogen (secondary N) is 3. The van der Waals surface area contributed by atoms with E-state index in [-0.39, 0.29) is 29.7 Å². The number of carbonyl (C=O) groups is 1. The molecule has 0 saturated carbocycles. The molecule has 5 N–H and O–H groups in total. The van der Waals surface area contributed by atoms with Crippen molar-refractivity contribution in [3.05, 3.63) is 83.0 Å². The van der Waals surface area contributed by atoms with E-state index in [2.05, 4.69) is 37.7 Å². The molecule has 1 aliphatic heterocycles. The summed E-state index contributed by atoms with van der Waals surface area (Å²) in [6, 6.07) is 19.0. The van der Waals surface area contributed by atoms with Crippen molar-refractivity contribution in [1.82, 2.24) is 4.98 Å². The molecule has 0 atom stereocenters. The van der Waals surface area contributed by atoms with E-state index < -0.39 is 0 Å². The van der Waals surface area contributed by atoms with Crippen molar-refractivity contribution in [3.8, 4) is 17.2 Å². The number of rotatable bonds is 5. The second-order valence-electron chi connectivity index (χ2n) is 11.9. The lowest BCUT2D eigenvalue weighted by molar-refractivity contribution is -0.115. The number of fused-ring (bicyclic) bond motifs is 2. The summed E-state index contributed by atoms with van der Waals surface area (Å²) in [5.74, 6) is 2.25. The fourth-order valence-corrected chi connectivity index (χ4v) is 4.46. The lowest BCUT2D eigenvalue weighted by Crippen LogP contribution is -2.35. The van der Waals surface area contributed by atoms with Gasteiger partial charge in [0.2, 0.25) is 0 Å². The zero-order valence-electron chi connectivity index (χ0n) is 33.3. The summed E-state index contributed by atoms with van der Waals surface area (Å²) >= 11 is 0. The van der Waals surface area contributed by atoms with Gasteiger partial charge in [0.25, 0.3) is 0 Å². The number of aromatic nitrogens is 1. The minimum Gasteiger partial charge on any atom is -0.504 e. The van der Waals surface area contributed by atoms with Crippen LogP contribution in [0, 0.1) is 23.7 Å². The fraction of sp³-hybridized carbons (Fsp3) is 0.429. The van der Waals surface area contributed by atoms with Gasteiger partial charge in [0.05, 0.1) is 25.1 Å². The standard InChI is InChI=1S/C19H20N4O.C11H13NO2.C5H12.C3H6O.2C2H6/c1-12-4-6-14(7-5-12)19-16-10-15(24-3)8-9-17(16)23(13(2)20)18(21)11-22-19;1-2-3-7-6-8-9(12-7)4-5-10(13)11(8)14;1-4-5(2)3;1-3(2)4;2*1-2/h4-10,20-21H,11H2,1-3H3;4-6,12-14H,2-3H2,1H3;5H,4H2,1-3H3;1-2H3;2*1-2H3. The van der Waals surface area contributed by atoms with Crippen LogP contribution in [0.4, 0.5) is 5.69 Å². The third-order valence-electron chi connectivity index (χ3n) is 7.16. The van der Waals surface area contributed by atoms with Crippen LogP contribution in [0.2, 0.25) is 0 Å². The summed E-state index contributed by atoms with van der Waals surface area (Å²) in [5.41, 5.74) is 6.60. The number of phenolic OH excluding ortho intramolecular Hbond substituents is 2. The van der Waals surface area contributed by atoms with Gasteiger partial charge in [0, 0.05) is 27.7 Å². The Bertz CT molecular complexity index is 1680. The summed E-state index contributed by atoms with van der Waals surface area (Å²) in [4.78, 5) is 18.9. The number of methoxy groups -OCH3 is 1. The number of benzene rings is 3. The highest BCUT2D eigenvalue weighted by Crippen LogP contribution is 2.34. The van der Waals surface area contributed by atoms with Crippen LogP contribution in [0.1, 0.15) is 111 Å². The highest BCUT2D eigenvalue weighted by atomic mass is 16.5. The molecule has 9 heteroatoms. The summed E-state index contributed by atoms with van der Waals surface area (Å²) in [7, 11) is 1.63. The van der Waals surface area contributed by atoms with Crippen LogP contribution >= 0.6 is 0 Å². The van der Waals surface area contributed by atoms with Crippen molar-refractivity contribution in [3.63, 3.8) is 0 Å². The highest BCUT2D eigenvalue weighted by Gasteiger charge is 2.25. The molecule has 0 saturated heterocycles. The van der Waals surface area contributed by atoms with Crippen LogP contribution in [-0.2, 0) is 11.2 Å². The summed E-state index contributed by atoms with van der Waals surface area (Å²) in [6.07, 6.45) is 3.31. The minimum absolute atomic E-state index is 0.0406. The van der Waals surface area contributed by atoms with Gasteiger partial charge in [0.1, 0.15) is 23.2 Å². The quantitative estimate of drug-likeness (QED) is 0.0798. The lowest BCUT2D eigenvalue weighted by atomic mass is 9.99. The maximum atomic E-state index is 9.57. The Labute approximate surface area is 306 Å². The molecule has 0 bridgehead atoms. The van der Waals surface area contributed by atoms with E-state index in [4.69, 9.17) is 15.6 Å². The predicted octanol–water partition coefficient (Wildman–Crippen LogP) is 10.9. The number of aryl methyl sites for hydroxylation is 2. The first kappa shape index (κ1) is 46.1. The summed E-state index contributed by atoms with van der Waals surface area (Å²) in [5, 5.41) is 35.9. The molecule has 4 aromatic rings. The van der Waals surface area contributed by atoms with Crippen LogP contribution in [0.5, 0.6) is 17.2 Å². The van der Waals surface area contributed by atoms with E-state index >= 15 is 0 Å². The van der Waals surface area contributed by atoms with Gasteiger partial charge in [-0.05, 0) is 76.4 Å². The Morgan fingerprint density at radius 3 is 2.02 bits per heavy atom. The number of hydrogen-bond acceptors (Lipinski definition) is 7. The first-order valence-corrected chi connectivity index (χ1v) is 18.0. The molecule has 0 aliphatic carbocycles. The third kappa shape index (κ3) is 14.8. The second kappa shape index (κ2) is 24.3. The molecule has 0 unspecified atom stereocenters. The van der Waals surface area contributed by atoms with Gasteiger partial charge in [-0.25, -0.2) is 0 Å². The number of aromatic amines is 1. The number of anilines is 1. The molecule has 2 heterocycles. The minimum atomic E-state index is -0.0699. The van der Waals surface area contributed by atoms with E-state index in [0.717, 1.165) is 58.2 Å². The zero-order valence-corrected chi connectivity index (χ0v) is 33.3. The number of phenols is 2. The van der Waals surface area contributed by atoms with Gasteiger partial charge in [0.15, 0.2) is 11.5 Å². The Morgan fingerprint density at radius 1 is 0.961 bits per heavy atom. The van der Waals surface area contributed by atoms with E-state index in [0.29, 0.717) is 11.2 Å². The molecule has 1 aliphatic rings. The van der Waals surface area contributed by atoms with Crippen molar-refractivity contribution in [2.75, 3.05) is 18.6 Å². The molecular formula is C42H63N5O4. The first-order chi connectivity index (χ1) is 24.2. The van der Waals surface area contributed by atoms with Crippen LogP contribution < -0.4 is 9.64 Å². The molecule has 0 fully saturated rings. The maximum Gasteiger partial charge on any atom is 0.166 e. The van der Waals surface area contributed by atoms with Crippen molar-refractivity contribution >= 4 is 39.8 Å². The Kier molecular flexibility index (Phi) is 21.9. The van der Waals surface area contributed by atoms with Gasteiger partial charge < -0.3 is 24.7 Å². The first-order valence-electron chi connectivity index (χ1n) is 18.0. The molecule has 9 nitrogen and oxygen atoms in total. The lowest BCUT2D eigenvalue weighted by Gasteiger charge is -2.24. The average molecular weight is 702 g/mol. The van der Waals surface area contributed by atoms with Gasteiger partial charge in [-0.15, -0.1) is 0 Å². The van der Waals surface area contributed by atoms with Crippen LogP contribution in [-0.4, -0.2) is 52.0 Å². The van der Waals surface area contributed by atoms with Gasteiger partial charge in [-0.1, -0.05) is 98.1 Å². The number of benzodiazepines with no additional fused rings is 1. The molecular weight excluding hydrogens is 638 g/mol. The number of aliphatic imine (C=N–C) groups is 1. The van der Waals surface area contributed by atoms with Crippen LogP contribution in [0.3, 0.4) is 0 Å². The van der Waals surface area contributed by atoms with Crippen molar-refractivity contribution in [1.29, 1.82) is 10.8 Å². The number of ether oxygens (including phenoxy) is 1. The third-order valence-corrected chi connectivity index (χ3v) is 7.16. The normalized spacial score (nSPS) is 11.2. The molecule has 0 radical (unpaired) electrons. The summed E-state index contributed by atoms with van der Waals surface area (Å²) < 4.78 is 5.37. The largest absolute Gasteiger partial charge is 0.504 e. The fourth-order valence-electron chi connectivity index (χ4n) is 4.46. The molecule has 280 valence electrons. The predicted molar refractivity (Wildman–Crippen MR) is 218 cm³/mol. The number of hydrogen-bond donors (Lipinski definition) is 5. The summed E-state index contributed by atoms with van der Waals surface area (Å²) in [6.45, 7) is 23.8. The monoisotopic (exact) mass is 701 g/mol. The maximum absolute atomic E-state index is 9.57. The smallest absolute Gasteiger partial charge is 0.166 e. The van der Waals surface area contributed by atoms with Crippen molar-refractivity contribution < 1.29 is 19.7 Å². The van der Waals surface area contributed by atoms with Gasteiger partial charge in [-0.3, -0.25) is 20.7 Å². The van der Waals surface area contributed by atoms with E-state index in [9.17, 15) is 15.0 Å². The topological polar surface area (TPSA) is 146 Å². The van der Waals surface area contributed by atoms with Crippen LogP contribution in [0.25, 0.3) is 10.9 Å². The highest BCUT2D eigenvalue weighted by molar-refractivity contribution is 6.25. The second-order valence-corrected chi connectivity index (χ2v) is 11.9. The van der Waals surface area contributed by atoms with Crippen molar-refractivity contribution in [2.24, 2.45) is 10.9 Å². The Morgan fingerprint density at radius 2 is 1.53 bits per heavy atom. The molecule has 5 rings (SSSR count). The number of nitrogens with zero attached hydrogens (tertiary/aromatic N) is 2.